The number of carboxylic acids is 1. The van der Waals surface area contributed by atoms with E-state index in [1.165, 1.54) is 4.90 Å². The zero-order valence-electron chi connectivity index (χ0n) is 11.8. The number of amides is 1. The molecular weight excluding hydrogens is 299 g/mol. The van der Waals surface area contributed by atoms with E-state index in [9.17, 15) is 22.8 Å². The molecule has 1 atom stereocenters. The average Bonchev–Trinajstić information content (AvgIpc) is 2.68. The van der Waals surface area contributed by atoms with Crippen molar-refractivity contribution >= 4 is 11.9 Å². The molecule has 1 aliphatic heterocycles. The molecule has 0 bridgehead atoms. The molecule has 1 aromatic rings. The van der Waals surface area contributed by atoms with Gasteiger partial charge in [-0.05, 0) is 37.3 Å². The molecule has 0 radical (unpaired) electrons. The summed E-state index contributed by atoms with van der Waals surface area (Å²) >= 11 is 0. The van der Waals surface area contributed by atoms with E-state index in [1.807, 2.05) is 0 Å². The lowest BCUT2D eigenvalue weighted by atomic mass is 9.97. The quantitative estimate of drug-likeness (QED) is 0.873. The van der Waals surface area contributed by atoms with Gasteiger partial charge in [0.05, 0.1) is 0 Å². The summed E-state index contributed by atoms with van der Waals surface area (Å²) in [5.74, 6) is -5.88. The van der Waals surface area contributed by atoms with E-state index in [0.29, 0.717) is 44.5 Å². The molecule has 1 fully saturated rings. The maximum Gasteiger partial charge on any atom is 0.303 e. The Morgan fingerprint density at radius 1 is 1.14 bits per heavy atom. The van der Waals surface area contributed by atoms with Gasteiger partial charge in [0.25, 0.3) is 5.91 Å². The molecule has 1 heterocycles. The van der Waals surface area contributed by atoms with Crippen LogP contribution in [-0.2, 0) is 4.79 Å². The second-order valence-electron chi connectivity index (χ2n) is 5.44. The van der Waals surface area contributed by atoms with E-state index in [2.05, 4.69) is 0 Å². The molecule has 0 aromatic heterocycles. The number of carbonyl (C=O) groups excluding carboxylic acids is 1. The Labute approximate surface area is 125 Å². The first-order valence-corrected chi connectivity index (χ1v) is 7.04. The van der Waals surface area contributed by atoms with Gasteiger partial charge in [0, 0.05) is 25.1 Å². The fourth-order valence-corrected chi connectivity index (χ4v) is 2.68. The highest BCUT2D eigenvalue weighted by atomic mass is 19.2. The normalized spacial score (nSPS) is 18.9. The zero-order valence-corrected chi connectivity index (χ0v) is 11.8. The van der Waals surface area contributed by atoms with Crippen molar-refractivity contribution in [3.8, 4) is 0 Å². The molecule has 0 aliphatic carbocycles. The van der Waals surface area contributed by atoms with Crippen LogP contribution in [0.4, 0.5) is 13.2 Å². The summed E-state index contributed by atoms with van der Waals surface area (Å²) in [5.41, 5.74) is -0.243. The Balaban J connectivity index is 2.08. The van der Waals surface area contributed by atoms with Gasteiger partial charge in [-0.2, -0.15) is 0 Å². The molecule has 120 valence electrons. The highest BCUT2D eigenvalue weighted by molar-refractivity contribution is 5.94. The first kappa shape index (κ1) is 16.3. The molecular formula is C15H16F3NO3. The van der Waals surface area contributed by atoms with Gasteiger partial charge < -0.3 is 10.0 Å². The number of hydrogen-bond acceptors (Lipinski definition) is 2. The summed E-state index contributed by atoms with van der Waals surface area (Å²) in [6.07, 6.45) is 1.87. The summed E-state index contributed by atoms with van der Waals surface area (Å²) in [6, 6.07) is 1.36. The van der Waals surface area contributed by atoms with Crippen molar-refractivity contribution in [2.75, 3.05) is 13.1 Å². The Morgan fingerprint density at radius 3 is 2.36 bits per heavy atom. The summed E-state index contributed by atoms with van der Waals surface area (Å²) in [4.78, 5) is 24.4. The van der Waals surface area contributed by atoms with Crippen molar-refractivity contribution in [1.82, 2.24) is 4.90 Å². The number of benzene rings is 1. The molecule has 1 amide bonds. The smallest absolute Gasteiger partial charge is 0.303 e. The average molecular weight is 315 g/mol. The van der Waals surface area contributed by atoms with Crippen LogP contribution in [0.2, 0.25) is 0 Å². The highest BCUT2D eigenvalue weighted by Gasteiger charge is 2.24. The number of likely N-dealkylation sites (tertiary alicyclic amines) is 1. The van der Waals surface area contributed by atoms with Crippen LogP contribution < -0.4 is 0 Å². The molecule has 0 saturated carbocycles. The first-order chi connectivity index (χ1) is 10.4. The fraction of sp³-hybridized carbons (Fsp3) is 0.467. The summed E-state index contributed by atoms with van der Waals surface area (Å²) in [5, 5.41) is 8.80. The Bertz CT molecular complexity index is 568. The van der Waals surface area contributed by atoms with Crippen LogP contribution >= 0.6 is 0 Å². The third kappa shape index (κ3) is 3.78. The van der Waals surface area contributed by atoms with E-state index in [1.54, 1.807) is 0 Å². The van der Waals surface area contributed by atoms with Crippen molar-refractivity contribution in [3.05, 3.63) is 35.1 Å². The molecule has 7 heteroatoms. The molecule has 2 rings (SSSR count). The number of aliphatic carboxylic acids is 1. The zero-order chi connectivity index (χ0) is 16.3. The van der Waals surface area contributed by atoms with Gasteiger partial charge in [-0.1, -0.05) is 0 Å². The van der Waals surface area contributed by atoms with E-state index in [0.717, 1.165) is 0 Å². The minimum Gasteiger partial charge on any atom is -0.481 e. The van der Waals surface area contributed by atoms with Gasteiger partial charge >= 0.3 is 5.97 Å². The lowest BCUT2D eigenvalue weighted by Crippen LogP contribution is -2.32. The molecule has 1 saturated heterocycles. The monoisotopic (exact) mass is 315 g/mol. The number of nitrogens with zero attached hydrogens (tertiary/aromatic N) is 1. The van der Waals surface area contributed by atoms with E-state index in [4.69, 9.17) is 5.11 Å². The molecule has 1 aliphatic rings. The minimum atomic E-state index is -1.60. The molecule has 4 nitrogen and oxygen atoms in total. The van der Waals surface area contributed by atoms with E-state index in [-0.39, 0.29) is 17.9 Å². The van der Waals surface area contributed by atoms with Crippen LogP contribution in [0, 0.1) is 23.4 Å². The van der Waals surface area contributed by atoms with Crippen molar-refractivity contribution in [2.24, 2.45) is 5.92 Å². The van der Waals surface area contributed by atoms with Crippen LogP contribution in [0.15, 0.2) is 12.1 Å². The lowest BCUT2D eigenvalue weighted by Gasteiger charge is -2.20. The maximum absolute atomic E-state index is 13.2. The summed E-state index contributed by atoms with van der Waals surface area (Å²) < 4.78 is 39.3. The van der Waals surface area contributed by atoms with Crippen molar-refractivity contribution in [3.63, 3.8) is 0 Å². The summed E-state index contributed by atoms with van der Waals surface area (Å²) in [6.45, 7) is 0.701. The van der Waals surface area contributed by atoms with Crippen LogP contribution in [-0.4, -0.2) is 35.0 Å². The molecule has 22 heavy (non-hydrogen) atoms. The number of hydrogen-bond donors (Lipinski definition) is 1. The van der Waals surface area contributed by atoms with Crippen LogP contribution in [0.5, 0.6) is 0 Å². The van der Waals surface area contributed by atoms with Crippen LogP contribution in [0.3, 0.4) is 0 Å². The third-order valence-corrected chi connectivity index (χ3v) is 3.83. The number of halogens is 3. The second kappa shape index (κ2) is 6.81. The number of rotatable bonds is 3. The highest BCUT2D eigenvalue weighted by Crippen LogP contribution is 2.22. The Kier molecular flexibility index (Phi) is 5.05. The van der Waals surface area contributed by atoms with Gasteiger partial charge in [0.1, 0.15) is 0 Å². The van der Waals surface area contributed by atoms with Crippen molar-refractivity contribution in [2.45, 2.75) is 25.7 Å². The standard InChI is InChI=1S/C15H16F3NO3/c16-11-7-10(8-12(17)14(11)18)15(22)19-4-1-2-9(3-5-19)6-13(20)21/h7-9H,1-6H2,(H,20,21). The predicted molar refractivity (Wildman–Crippen MR) is 71.8 cm³/mol. The van der Waals surface area contributed by atoms with Crippen LogP contribution in [0.25, 0.3) is 0 Å². The lowest BCUT2D eigenvalue weighted by molar-refractivity contribution is -0.138. The van der Waals surface area contributed by atoms with Gasteiger partial charge in [-0.25, -0.2) is 13.2 Å². The largest absolute Gasteiger partial charge is 0.481 e. The Morgan fingerprint density at radius 2 is 1.77 bits per heavy atom. The summed E-state index contributed by atoms with van der Waals surface area (Å²) in [7, 11) is 0. The fourth-order valence-electron chi connectivity index (χ4n) is 2.68. The Hall–Kier alpha value is -2.05. The number of carbonyl (C=O) groups is 2. The van der Waals surface area contributed by atoms with Crippen molar-refractivity contribution < 1.29 is 27.9 Å². The molecule has 1 N–H and O–H groups in total. The van der Waals surface area contributed by atoms with E-state index >= 15 is 0 Å². The minimum absolute atomic E-state index is 0.0167. The number of carboxylic acid groups (broad SMARTS) is 1. The topological polar surface area (TPSA) is 57.6 Å². The maximum atomic E-state index is 13.2. The van der Waals surface area contributed by atoms with Gasteiger partial charge in [-0.15, -0.1) is 0 Å². The van der Waals surface area contributed by atoms with Crippen LogP contribution in [0.1, 0.15) is 36.0 Å². The molecule has 0 spiro atoms. The predicted octanol–water partition coefficient (Wildman–Crippen LogP) is 2.82. The van der Waals surface area contributed by atoms with Crippen molar-refractivity contribution in [1.29, 1.82) is 0 Å². The van der Waals surface area contributed by atoms with Gasteiger partial charge in [-0.3, -0.25) is 9.59 Å². The van der Waals surface area contributed by atoms with E-state index < -0.39 is 29.3 Å². The molecule has 1 unspecified atom stereocenters. The van der Waals surface area contributed by atoms with Gasteiger partial charge in [0.2, 0.25) is 0 Å². The third-order valence-electron chi connectivity index (χ3n) is 3.83. The second-order valence-corrected chi connectivity index (χ2v) is 5.44. The van der Waals surface area contributed by atoms with Gasteiger partial charge in [0.15, 0.2) is 17.5 Å². The SMILES string of the molecule is O=C(O)CC1CCCN(C(=O)c2cc(F)c(F)c(F)c2)CC1. The first-order valence-electron chi connectivity index (χ1n) is 7.04. The molecule has 1 aromatic carbocycles.